The van der Waals surface area contributed by atoms with Gasteiger partial charge in [-0.1, -0.05) is 6.07 Å². The van der Waals surface area contributed by atoms with Gasteiger partial charge in [0, 0.05) is 13.7 Å². The molecule has 0 aliphatic rings. The van der Waals surface area contributed by atoms with Crippen LogP contribution < -0.4 is 10.1 Å². The van der Waals surface area contributed by atoms with Crippen molar-refractivity contribution in [2.45, 2.75) is 13.0 Å². The fourth-order valence-corrected chi connectivity index (χ4v) is 1.62. The number of likely N-dealkylation sites (N-methyl/N-ethyl adjacent to an activating group) is 1. The Bertz CT molecular complexity index is 312. The Kier molecular flexibility index (Phi) is 4.59. The quantitative estimate of drug-likeness (QED) is 0.803. The van der Waals surface area contributed by atoms with Gasteiger partial charge in [-0.2, -0.15) is 0 Å². The summed E-state index contributed by atoms with van der Waals surface area (Å²) in [7, 11) is 5.33. The first-order valence-corrected chi connectivity index (χ1v) is 5.04. The zero-order valence-electron chi connectivity index (χ0n) is 9.83. The maximum absolute atomic E-state index is 5.40. The van der Waals surface area contributed by atoms with Gasteiger partial charge in [0.1, 0.15) is 5.75 Å². The highest BCUT2D eigenvalue weighted by atomic mass is 16.5. The summed E-state index contributed by atoms with van der Waals surface area (Å²) in [5.74, 6) is 0.915. The lowest BCUT2D eigenvalue weighted by molar-refractivity contribution is 0.104. The molecule has 84 valence electrons. The van der Waals surface area contributed by atoms with Gasteiger partial charge in [-0.3, -0.25) is 0 Å². The van der Waals surface area contributed by atoms with E-state index < -0.39 is 0 Å². The minimum absolute atomic E-state index is 0.0969. The van der Waals surface area contributed by atoms with E-state index >= 15 is 0 Å². The van der Waals surface area contributed by atoms with Crippen molar-refractivity contribution >= 4 is 0 Å². The maximum atomic E-state index is 5.40. The summed E-state index contributed by atoms with van der Waals surface area (Å²) in [5, 5.41) is 3.11. The monoisotopic (exact) mass is 209 g/mol. The molecule has 3 nitrogen and oxygen atoms in total. The Morgan fingerprint density at radius 2 is 2.07 bits per heavy atom. The Labute approximate surface area is 91.4 Å². The standard InChI is InChI=1S/C12H19NO2/c1-9-7-10(5-6-11(9)14-3)12(15-4)8-13-2/h5-7,12-13H,8H2,1-4H3. The molecule has 1 N–H and O–H groups in total. The molecule has 0 heterocycles. The van der Waals surface area contributed by atoms with Gasteiger partial charge in [0.2, 0.25) is 0 Å². The van der Waals surface area contributed by atoms with Gasteiger partial charge in [-0.05, 0) is 37.2 Å². The summed E-state index contributed by atoms with van der Waals surface area (Å²) in [4.78, 5) is 0. The summed E-state index contributed by atoms with van der Waals surface area (Å²) in [6, 6.07) is 6.12. The van der Waals surface area contributed by atoms with Crippen molar-refractivity contribution in [2.75, 3.05) is 27.8 Å². The number of benzene rings is 1. The molecule has 1 aromatic rings. The van der Waals surface area contributed by atoms with Crippen LogP contribution in [0.1, 0.15) is 17.2 Å². The molecule has 1 aromatic carbocycles. The molecule has 0 radical (unpaired) electrons. The molecular weight excluding hydrogens is 190 g/mol. The first-order chi connectivity index (χ1) is 7.22. The average Bonchev–Trinajstić information content (AvgIpc) is 2.25. The molecule has 15 heavy (non-hydrogen) atoms. The van der Waals surface area contributed by atoms with E-state index in [1.807, 2.05) is 26.1 Å². The van der Waals surface area contributed by atoms with Crippen LogP contribution >= 0.6 is 0 Å². The molecule has 1 unspecified atom stereocenters. The highest BCUT2D eigenvalue weighted by Gasteiger charge is 2.10. The number of hydrogen-bond donors (Lipinski definition) is 1. The number of hydrogen-bond acceptors (Lipinski definition) is 3. The fraction of sp³-hybridized carbons (Fsp3) is 0.500. The lowest BCUT2D eigenvalue weighted by atomic mass is 10.1. The van der Waals surface area contributed by atoms with Crippen molar-refractivity contribution in [1.82, 2.24) is 5.32 Å². The van der Waals surface area contributed by atoms with Gasteiger partial charge in [0.05, 0.1) is 13.2 Å². The van der Waals surface area contributed by atoms with Gasteiger partial charge in [0.15, 0.2) is 0 Å². The normalized spacial score (nSPS) is 12.5. The highest BCUT2D eigenvalue weighted by Crippen LogP contribution is 2.23. The smallest absolute Gasteiger partial charge is 0.121 e. The van der Waals surface area contributed by atoms with Crippen LogP contribution in [0.3, 0.4) is 0 Å². The van der Waals surface area contributed by atoms with Crippen LogP contribution in [0.5, 0.6) is 5.75 Å². The Balaban J connectivity index is 2.89. The summed E-state index contributed by atoms with van der Waals surface area (Å²) < 4.78 is 10.6. The predicted octanol–water partition coefficient (Wildman–Crippen LogP) is 1.91. The lowest BCUT2D eigenvalue weighted by Crippen LogP contribution is -2.18. The molecule has 0 aromatic heterocycles. The molecule has 0 spiro atoms. The number of ether oxygens (including phenoxy) is 2. The second kappa shape index (κ2) is 5.73. The van der Waals surface area contributed by atoms with Crippen LogP contribution in [0.4, 0.5) is 0 Å². The van der Waals surface area contributed by atoms with E-state index in [1.165, 1.54) is 5.56 Å². The third-order valence-electron chi connectivity index (χ3n) is 2.46. The molecule has 0 amide bonds. The maximum Gasteiger partial charge on any atom is 0.121 e. The average molecular weight is 209 g/mol. The first-order valence-electron chi connectivity index (χ1n) is 5.04. The van der Waals surface area contributed by atoms with Crippen LogP contribution in [0.25, 0.3) is 0 Å². The molecule has 0 bridgehead atoms. The summed E-state index contributed by atoms with van der Waals surface area (Å²) in [6.07, 6.45) is 0.0969. The van der Waals surface area contributed by atoms with Crippen LogP contribution in [0.15, 0.2) is 18.2 Å². The van der Waals surface area contributed by atoms with Gasteiger partial charge >= 0.3 is 0 Å². The molecule has 0 aliphatic carbocycles. The van der Waals surface area contributed by atoms with Crippen molar-refractivity contribution in [1.29, 1.82) is 0 Å². The van der Waals surface area contributed by atoms with E-state index in [1.54, 1.807) is 14.2 Å². The minimum atomic E-state index is 0.0969. The van der Waals surface area contributed by atoms with Crippen molar-refractivity contribution in [3.8, 4) is 5.75 Å². The zero-order chi connectivity index (χ0) is 11.3. The molecular formula is C12H19NO2. The Morgan fingerprint density at radius 1 is 1.33 bits per heavy atom. The van der Waals surface area contributed by atoms with Gasteiger partial charge in [0.25, 0.3) is 0 Å². The van der Waals surface area contributed by atoms with Gasteiger partial charge < -0.3 is 14.8 Å². The summed E-state index contributed by atoms with van der Waals surface area (Å²) in [5.41, 5.74) is 2.30. The van der Waals surface area contributed by atoms with Crippen molar-refractivity contribution < 1.29 is 9.47 Å². The first kappa shape index (κ1) is 12.0. The second-order valence-electron chi connectivity index (χ2n) is 3.51. The third-order valence-corrected chi connectivity index (χ3v) is 2.46. The molecule has 0 aliphatic heterocycles. The molecule has 0 saturated heterocycles. The van der Waals surface area contributed by atoms with Crippen LogP contribution in [0, 0.1) is 6.92 Å². The van der Waals surface area contributed by atoms with E-state index in [2.05, 4.69) is 11.4 Å². The van der Waals surface area contributed by atoms with Crippen molar-refractivity contribution in [3.63, 3.8) is 0 Å². The molecule has 0 saturated carbocycles. The number of rotatable bonds is 5. The Hall–Kier alpha value is -1.06. The molecule has 0 fully saturated rings. The fourth-order valence-electron chi connectivity index (χ4n) is 1.62. The van der Waals surface area contributed by atoms with E-state index in [4.69, 9.17) is 9.47 Å². The van der Waals surface area contributed by atoms with Crippen LogP contribution in [-0.4, -0.2) is 27.8 Å². The molecule has 3 heteroatoms. The SMILES string of the molecule is CNCC(OC)c1ccc(OC)c(C)c1. The largest absolute Gasteiger partial charge is 0.496 e. The minimum Gasteiger partial charge on any atom is -0.496 e. The third kappa shape index (κ3) is 2.94. The lowest BCUT2D eigenvalue weighted by Gasteiger charge is -2.16. The number of aryl methyl sites for hydroxylation is 1. The predicted molar refractivity (Wildman–Crippen MR) is 61.4 cm³/mol. The van der Waals surface area contributed by atoms with E-state index in [9.17, 15) is 0 Å². The zero-order valence-corrected chi connectivity index (χ0v) is 9.83. The van der Waals surface area contributed by atoms with E-state index in [0.29, 0.717) is 0 Å². The summed E-state index contributed by atoms with van der Waals surface area (Å²) in [6.45, 7) is 2.84. The topological polar surface area (TPSA) is 30.5 Å². The van der Waals surface area contributed by atoms with Gasteiger partial charge in [-0.25, -0.2) is 0 Å². The van der Waals surface area contributed by atoms with Crippen molar-refractivity contribution in [3.05, 3.63) is 29.3 Å². The van der Waals surface area contributed by atoms with E-state index in [0.717, 1.165) is 17.9 Å². The summed E-state index contributed by atoms with van der Waals surface area (Å²) >= 11 is 0. The van der Waals surface area contributed by atoms with Gasteiger partial charge in [-0.15, -0.1) is 0 Å². The van der Waals surface area contributed by atoms with Crippen LogP contribution in [0.2, 0.25) is 0 Å². The second-order valence-corrected chi connectivity index (χ2v) is 3.51. The van der Waals surface area contributed by atoms with Crippen LogP contribution in [-0.2, 0) is 4.74 Å². The highest BCUT2D eigenvalue weighted by molar-refractivity contribution is 5.37. The molecule has 1 rings (SSSR count). The Morgan fingerprint density at radius 3 is 2.53 bits per heavy atom. The van der Waals surface area contributed by atoms with E-state index in [-0.39, 0.29) is 6.10 Å². The van der Waals surface area contributed by atoms with Crippen molar-refractivity contribution in [2.24, 2.45) is 0 Å². The number of methoxy groups -OCH3 is 2. The molecule has 1 atom stereocenters. The number of nitrogens with one attached hydrogen (secondary N) is 1.